The second-order valence-electron chi connectivity index (χ2n) is 5.29. The molecule has 2 aromatic rings. The van der Waals surface area contributed by atoms with E-state index < -0.39 is 16.1 Å². The Morgan fingerprint density at radius 2 is 1.96 bits per heavy atom. The molecule has 0 radical (unpaired) electrons. The maximum atomic E-state index is 12.3. The lowest BCUT2D eigenvalue weighted by Crippen LogP contribution is -2.37. The molecule has 0 bridgehead atoms. The molecule has 0 spiro atoms. The van der Waals surface area contributed by atoms with E-state index in [2.05, 4.69) is 20.3 Å². The second kappa shape index (κ2) is 7.89. The lowest BCUT2D eigenvalue weighted by Gasteiger charge is -2.11. The van der Waals surface area contributed by atoms with Gasteiger partial charge in [0, 0.05) is 19.3 Å². The number of amides is 2. The SMILES string of the molecule is Cc1ccc(C)c(S(=O)(=O)NCCNC(=O)Nc2cccnc2)c1. The molecule has 0 aliphatic carbocycles. The zero-order chi connectivity index (χ0) is 17.6. The number of anilines is 1. The second-order valence-corrected chi connectivity index (χ2v) is 7.02. The monoisotopic (exact) mass is 348 g/mol. The molecule has 3 N–H and O–H groups in total. The summed E-state index contributed by atoms with van der Waals surface area (Å²) in [6.45, 7) is 3.84. The van der Waals surface area contributed by atoms with Crippen molar-refractivity contribution in [3.05, 3.63) is 53.9 Å². The van der Waals surface area contributed by atoms with Gasteiger partial charge in [-0.15, -0.1) is 0 Å². The summed E-state index contributed by atoms with van der Waals surface area (Å²) in [5, 5.41) is 5.17. The van der Waals surface area contributed by atoms with Gasteiger partial charge in [-0.1, -0.05) is 12.1 Å². The number of pyridine rings is 1. The van der Waals surface area contributed by atoms with Crippen molar-refractivity contribution in [3.63, 3.8) is 0 Å². The summed E-state index contributed by atoms with van der Waals surface area (Å²) in [5.74, 6) is 0. The predicted molar refractivity (Wildman–Crippen MR) is 92.4 cm³/mol. The quantitative estimate of drug-likeness (QED) is 0.693. The van der Waals surface area contributed by atoms with Gasteiger partial charge in [-0.05, 0) is 43.2 Å². The fourth-order valence-corrected chi connectivity index (χ4v) is 3.41. The summed E-state index contributed by atoms with van der Waals surface area (Å²) >= 11 is 0. The molecule has 0 aliphatic heterocycles. The predicted octanol–water partition coefficient (Wildman–Crippen LogP) is 1.80. The van der Waals surface area contributed by atoms with Crippen LogP contribution in [0.2, 0.25) is 0 Å². The summed E-state index contributed by atoms with van der Waals surface area (Å²) in [7, 11) is -3.60. The summed E-state index contributed by atoms with van der Waals surface area (Å²) < 4.78 is 27.1. The van der Waals surface area contributed by atoms with Crippen molar-refractivity contribution in [1.82, 2.24) is 15.0 Å². The van der Waals surface area contributed by atoms with Crippen molar-refractivity contribution >= 4 is 21.7 Å². The number of rotatable bonds is 6. The maximum Gasteiger partial charge on any atom is 0.319 e. The number of urea groups is 1. The van der Waals surface area contributed by atoms with Crippen molar-refractivity contribution in [1.29, 1.82) is 0 Å². The molecule has 0 atom stereocenters. The van der Waals surface area contributed by atoms with Gasteiger partial charge in [0.2, 0.25) is 10.0 Å². The number of aryl methyl sites for hydroxylation is 2. The number of carbonyl (C=O) groups excluding carboxylic acids is 1. The molecule has 7 nitrogen and oxygen atoms in total. The number of nitrogens with zero attached hydrogens (tertiary/aromatic N) is 1. The summed E-state index contributed by atoms with van der Waals surface area (Å²) in [6, 6.07) is 8.24. The van der Waals surface area contributed by atoms with E-state index in [-0.39, 0.29) is 18.0 Å². The summed E-state index contributed by atoms with van der Waals surface area (Å²) in [6.07, 6.45) is 3.12. The highest BCUT2D eigenvalue weighted by Crippen LogP contribution is 2.16. The Kier molecular flexibility index (Phi) is 5.88. The third-order valence-corrected chi connectivity index (χ3v) is 4.86. The van der Waals surface area contributed by atoms with Crippen molar-refractivity contribution in [2.24, 2.45) is 0 Å². The van der Waals surface area contributed by atoms with E-state index in [1.54, 1.807) is 37.4 Å². The molecule has 8 heteroatoms. The highest BCUT2D eigenvalue weighted by molar-refractivity contribution is 7.89. The normalized spacial score (nSPS) is 11.1. The summed E-state index contributed by atoms with van der Waals surface area (Å²) in [5.41, 5.74) is 2.11. The number of aromatic nitrogens is 1. The van der Waals surface area contributed by atoms with Gasteiger partial charge in [-0.3, -0.25) is 4.98 Å². The first-order chi connectivity index (χ1) is 11.4. The third kappa shape index (κ3) is 5.04. The van der Waals surface area contributed by atoms with E-state index in [0.29, 0.717) is 11.3 Å². The first-order valence-corrected chi connectivity index (χ1v) is 8.88. The molecule has 0 saturated heterocycles. The molecule has 0 aliphatic rings. The van der Waals surface area contributed by atoms with Crippen LogP contribution in [0.4, 0.5) is 10.5 Å². The van der Waals surface area contributed by atoms with Crippen LogP contribution < -0.4 is 15.4 Å². The minimum atomic E-state index is -3.60. The van der Waals surface area contributed by atoms with Crippen molar-refractivity contribution < 1.29 is 13.2 Å². The molecule has 2 amide bonds. The molecule has 0 unspecified atom stereocenters. The molecule has 1 aromatic heterocycles. The van der Waals surface area contributed by atoms with E-state index in [9.17, 15) is 13.2 Å². The Hall–Kier alpha value is -2.45. The van der Waals surface area contributed by atoms with Crippen LogP contribution in [0.1, 0.15) is 11.1 Å². The highest BCUT2D eigenvalue weighted by atomic mass is 32.2. The fourth-order valence-electron chi connectivity index (χ4n) is 2.05. The average Bonchev–Trinajstić information content (AvgIpc) is 2.55. The largest absolute Gasteiger partial charge is 0.337 e. The van der Waals surface area contributed by atoms with Crippen LogP contribution in [0.15, 0.2) is 47.6 Å². The Labute approximate surface area is 141 Å². The topological polar surface area (TPSA) is 100 Å². The van der Waals surface area contributed by atoms with Crippen molar-refractivity contribution in [2.75, 3.05) is 18.4 Å². The van der Waals surface area contributed by atoms with E-state index >= 15 is 0 Å². The van der Waals surface area contributed by atoms with Crippen LogP contribution in [-0.2, 0) is 10.0 Å². The van der Waals surface area contributed by atoms with Crippen LogP contribution in [-0.4, -0.2) is 32.5 Å². The third-order valence-electron chi connectivity index (χ3n) is 3.26. The van der Waals surface area contributed by atoms with E-state index in [1.165, 1.54) is 6.20 Å². The van der Waals surface area contributed by atoms with Crippen LogP contribution in [0.3, 0.4) is 0 Å². The van der Waals surface area contributed by atoms with Crippen LogP contribution in [0.5, 0.6) is 0 Å². The molecular weight excluding hydrogens is 328 g/mol. The van der Waals surface area contributed by atoms with Gasteiger partial charge in [0.1, 0.15) is 0 Å². The average molecular weight is 348 g/mol. The van der Waals surface area contributed by atoms with Crippen molar-refractivity contribution in [3.8, 4) is 0 Å². The molecule has 24 heavy (non-hydrogen) atoms. The molecule has 0 saturated carbocycles. The minimum Gasteiger partial charge on any atom is -0.337 e. The van der Waals surface area contributed by atoms with Gasteiger partial charge >= 0.3 is 6.03 Å². The van der Waals surface area contributed by atoms with Gasteiger partial charge in [0.05, 0.1) is 16.8 Å². The van der Waals surface area contributed by atoms with Crippen molar-refractivity contribution in [2.45, 2.75) is 18.7 Å². The van der Waals surface area contributed by atoms with Crippen LogP contribution in [0.25, 0.3) is 0 Å². The van der Waals surface area contributed by atoms with Gasteiger partial charge in [-0.2, -0.15) is 0 Å². The van der Waals surface area contributed by atoms with Gasteiger partial charge < -0.3 is 10.6 Å². The number of sulfonamides is 1. The Balaban J connectivity index is 1.83. The standard InChI is InChI=1S/C16H20N4O3S/c1-12-5-6-13(2)15(10-12)24(22,23)19-9-8-18-16(21)20-14-4-3-7-17-11-14/h3-7,10-11,19H,8-9H2,1-2H3,(H2,18,20,21). The summed E-state index contributed by atoms with van der Waals surface area (Å²) in [4.78, 5) is 15.8. The number of hydrogen-bond acceptors (Lipinski definition) is 4. The van der Waals surface area contributed by atoms with Gasteiger partial charge in [0.25, 0.3) is 0 Å². The Morgan fingerprint density at radius 3 is 2.67 bits per heavy atom. The fraction of sp³-hybridized carbons (Fsp3) is 0.250. The number of nitrogens with one attached hydrogen (secondary N) is 3. The first-order valence-electron chi connectivity index (χ1n) is 7.40. The van der Waals surface area contributed by atoms with Crippen LogP contribution in [0, 0.1) is 13.8 Å². The van der Waals surface area contributed by atoms with E-state index in [1.807, 2.05) is 13.0 Å². The lowest BCUT2D eigenvalue weighted by atomic mass is 10.2. The number of benzene rings is 1. The van der Waals surface area contributed by atoms with Gasteiger partial charge in [0.15, 0.2) is 0 Å². The lowest BCUT2D eigenvalue weighted by molar-refractivity contribution is 0.252. The highest BCUT2D eigenvalue weighted by Gasteiger charge is 2.16. The zero-order valence-electron chi connectivity index (χ0n) is 13.5. The molecule has 128 valence electrons. The van der Waals surface area contributed by atoms with E-state index in [0.717, 1.165) is 5.56 Å². The van der Waals surface area contributed by atoms with Crippen LogP contribution >= 0.6 is 0 Å². The molecule has 1 aromatic carbocycles. The van der Waals surface area contributed by atoms with Gasteiger partial charge in [-0.25, -0.2) is 17.9 Å². The Morgan fingerprint density at radius 1 is 1.17 bits per heavy atom. The molecule has 2 rings (SSSR count). The maximum absolute atomic E-state index is 12.3. The number of hydrogen-bond donors (Lipinski definition) is 3. The minimum absolute atomic E-state index is 0.0934. The molecular formula is C16H20N4O3S. The van der Waals surface area contributed by atoms with E-state index in [4.69, 9.17) is 0 Å². The molecule has 0 fully saturated rings. The molecule has 1 heterocycles. The zero-order valence-corrected chi connectivity index (χ0v) is 14.4. The smallest absolute Gasteiger partial charge is 0.319 e. The number of carbonyl (C=O) groups is 1. The first kappa shape index (κ1) is 17.9. The Bertz CT molecular complexity index is 807.